The van der Waals surface area contributed by atoms with Crippen molar-refractivity contribution in [3.8, 4) is 17.0 Å². The molecule has 0 saturated heterocycles. The van der Waals surface area contributed by atoms with Gasteiger partial charge in [-0.15, -0.1) is 0 Å². The van der Waals surface area contributed by atoms with E-state index in [1.165, 1.54) is 11.9 Å². The second kappa shape index (κ2) is 6.15. The van der Waals surface area contributed by atoms with Crippen LogP contribution >= 0.6 is 0 Å². The summed E-state index contributed by atoms with van der Waals surface area (Å²) in [6.45, 7) is 2.54. The highest BCUT2D eigenvalue weighted by Crippen LogP contribution is 2.38. The normalized spacial score (nSPS) is 12.8. The van der Waals surface area contributed by atoms with Crippen LogP contribution in [-0.4, -0.2) is 15.1 Å². The molecule has 3 N–H and O–H groups in total. The zero-order valence-corrected chi connectivity index (χ0v) is 14.0. The molecule has 0 atom stereocenters. The van der Waals surface area contributed by atoms with Crippen molar-refractivity contribution >= 4 is 11.6 Å². The largest absolute Gasteiger partial charge is 0.504 e. The van der Waals surface area contributed by atoms with Crippen LogP contribution < -0.4 is 5.73 Å². The summed E-state index contributed by atoms with van der Waals surface area (Å²) in [6, 6.07) is 14.2. The van der Waals surface area contributed by atoms with Gasteiger partial charge in [0, 0.05) is 18.5 Å². The van der Waals surface area contributed by atoms with E-state index < -0.39 is 0 Å². The van der Waals surface area contributed by atoms with Crippen molar-refractivity contribution in [2.75, 3.05) is 0 Å². The van der Waals surface area contributed by atoms with Gasteiger partial charge >= 0.3 is 0 Å². The van der Waals surface area contributed by atoms with Gasteiger partial charge < -0.3 is 10.8 Å². The first-order valence-electron chi connectivity index (χ1n) is 8.29. The van der Waals surface area contributed by atoms with Crippen molar-refractivity contribution in [3.05, 3.63) is 76.7 Å². The quantitative estimate of drug-likeness (QED) is 0.768. The highest BCUT2D eigenvalue weighted by atomic mass is 16.3. The van der Waals surface area contributed by atoms with E-state index in [0.717, 1.165) is 34.2 Å². The number of aryl methyl sites for hydroxylation is 1. The van der Waals surface area contributed by atoms with Crippen molar-refractivity contribution in [2.24, 2.45) is 5.73 Å². The Kier molecular flexibility index (Phi) is 3.82. The minimum atomic E-state index is 0.131. The van der Waals surface area contributed by atoms with E-state index in [1.54, 1.807) is 0 Å². The summed E-state index contributed by atoms with van der Waals surface area (Å²) in [6.07, 6.45) is 4.34. The van der Waals surface area contributed by atoms with Crippen molar-refractivity contribution < 1.29 is 5.11 Å². The fraction of sp³-hybridized carbons (Fsp3) is 0.143. The number of rotatable bonds is 3. The summed E-state index contributed by atoms with van der Waals surface area (Å²) in [5, 5.41) is 10.8. The van der Waals surface area contributed by atoms with Crippen molar-refractivity contribution in [3.63, 3.8) is 0 Å². The summed E-state index contributed by atoms with van der Waals surface area (Å²) < 4.78 is 0. The summed E-state index contributed by atoms with van der Waals surface area (Å²) in [5.41, 5.74) is 13.4. The molecule has 4 rings (SSSR count). The molecule has 0 radical (unpaired) electrons. The van der Waals surface area contributed by atoms with E-state index in [0.29, 0.717) is 17.9 Å². The minimum Gasteiger partial charge on any atom is -0.504 e. The molecule has 0 saturated carbocycles. The highest BCUT2D eigenvalue weighted by Gasteiger charge is 2.20. The van der Waals surface area contributed by atoms with E-state index in [1.807, 2.05) is 37.3 Å². The van der Waals surface area contributed by atoms with Gasteiger partial charge in [-0.2, -0.15) is 0 Å². The van der Waals surface area contributed by atoms with E-state index in [2.05, 4.69) is 28.2 Å². The van der Waals surface area contributed by atoms with Gasteiger partial charge in [-0.3, -0.25) is 0 Å². The van der Waals surface area contributed by atoms with Crippen LogP contribution in [0.15, 0.2) is 48.8 Å². The molecule has 0 fully saturated rings. The number of hydrogen-bond acceptors (Lipinski definition) is 4. The van der Waals surface area contributed by atoms with Crippen LogP contribution in [0.5, 0.6) is 5.75 Å². The zero-order valence-electron chi connectivity index (χ0n) is 14.0. The third kappa shape index (κ3) is 2.81. The number of allylic oxidation sites excluding steroid dienone is 1. The number of nitrogens with zero attached hydrogens (tertiary/aromatic N) is 2. The summed E-state index contributed by atoms with van der Waals surface area (Å²) in [4.78, 5) is 8.63. The Morgan fingerprint density at radius 1 is 1.08 bits per heavy atom. The minimum absolute atomic E-state index is 0.131. The topological polar surface area (TPSA) is 72.0 Å². The maximum Gasteiger partial charge on any atom is 0.168 e. The smallest absolute Gasteiger partial charge is 0.168 e. The van der Waals surface area contributed by atoms with Crippen LogP contribution in [0.1, 0.15) is 27.9 Å². The summed E-state index contributed by atoms with van der Waals surface area (Å²) in [7, 11) is 0. The second-order valence-electron chi connectivity index (χ2n) is 6.37. The molecule has 0 bridgehead atoms. The fourth-order valence-electron chi connectivity index (χ4n) is 3.28. The molecule has 124 valence electrons. The molecular formula is C21H19N3O. The molecule has 1 heterocycles. The Labute approximate surface area is 146 Å². The number of aromatic hydroxyl groups is 1. The molecule has 2 aromatic carbocycles. The molecule has 4 heteroatoms. The van der Waals surface area contributed by atoms with Crippen LogP contribution in [0, 0.1) is 6.92 Å². The molecule has 0 amide bonds. The first kappa shape index (κ1) is 15.5. The predicted octanol–water partition coefficient (Wildman–Crippen LogP) is 3.71. The lowest BCUT2D eigenvalue weighted by Crippen LogP contribution is -1.97. The van der Waals surface area contributed by atoms with Crippen molar-refractivity contribution in [1.82, 2.24) is 9.97 Å². The monoisotopic (exact) mass is 329 g/mol. The van der Waals surface area contributed by atoms with Gasteiger partial charge in [-0.25, -0.2) is 9.97 Å². The molecule has 25 heavy (non-hydrogen) atoms. The number of fused-ring (bicyclic) bond motifs is 1. The first-order valence-corrected chi connectivity index (χ1v) is 8.29. The average Bonchev–Trinajstić information content (AvgIpc) is 3.04. The molecule has 0 spiro atoms. The maximum absolute atomic E-state index is 10.8. The molecule has 1 aromatic heterocycles. The van der Waals surface area contributed by atoms with Gasteiger partial charge in [0.1, 0.15) is 17.7 Å². The molecule has 3 aromatic rings. The first-order chi connectivity index (χ1) is 12.2. The second-order valence-corrected chi connectivity index (χ2v) is 6.37. The SMILES string of the molecule is Cc1cccc(-c2ncnc(C3=Cc4cc(CN)ccc4C3)c2O)c1. The third-order valence-corrected chi connectivity index (χ3v) is 4.57. The lowest BCUT2D eigenvalue weighted by Gasteiger charge is -2.09. The molecule has 1 aliphatic carbocycles. The standard InChI is InChI=1S/C21H19N3O/c1-13-3-2-4-16(7-13)19-21(25)20(24-12-23-19)18-9-15-6-5-14(11-22)8-17(15)10-18/h2-8,10,12,25H,9,11,22H2,1H3. The number of aromatic nitrogens is 2. The van der Waals surface area contributed by atoms with Gasteiger partial charge in [-0.1, -0.05) is 42.0 Å². The predicted molar refractivity (Wildman–Crippen MR) is 99.8 cm³/mol. The Bertz CT molecular complexity index is 992. The lowest BCUT2D eigenvalue weighted by atomic mass is 10.0. The van der Waals surface area contributed by atoms with Gasteiger partial charge in [0.2, 0.25) is 0 Å². The van der Waals surface area contributed by atoms with E-state index in [-0.39, 0.29) is 5.75 Å². The van der Waals surface area contributed by atoms with Gasteiger partial charge in [0.05, 0.1) is 0 Å². The van der Waals surface area contributed by atoms with Crippen LogP contribution in [0.25, 0.3) is 22.9 Å². The molecule has 1 aliphatic rings. The molecular weight excluding hydrogens is 310 g/mol. The van der Waals surface area contributed by atoms with Gasteiger partial charge in [0.15, 0.2) is 5.75 Å². The van der Waals surface area contributed by atoms with Gasteiger partial charge in [-0.05, 0) is 41.3 Å². The Morgan fingerprint density at radius 3 is 2.72 bits per heavy atom. The number of hydrogen-bond donors (Lipinski definition) is 2. The Morgan fingerprint density at radius 2 is 1.92 bits per heavy atom. The fourth-order valence-corrected chi connectivity index (χ4v) is 3.28. The van der Waals surface area contributed by atoms with Crippen LogP contribution in [-0.2, 0) is 13.0 Å². The maximum atomic E-state index is 10.8. The Balaban J connectivity index is 1.76. The third-order valence-electron chi connectivity index (χ3n) is 4.57. The van der Waals surface area contributed by atoms with E-state index in [4.69, 9.17) is 5.73 Å². The average molecular weight is 329 g/mol. The molecule has 4 nitrogen and oxygen atoms in total. The lowest BCUT2D eigenvalue weighted by molar-refractivity contribution is 0.470. The van der Waals surface area contributed by atoms with E-state index >= 15 is 0 Å². The van der Waals surface area contributed by atoms with Crippen LogP contribution in [0.4, 0.5) is 0 Å². The number of benzene rings is 2. The Hall–Kier alpha value is -2.98. The molecule has 0 unspecified atom stereocenters. The summed E-state index contributed by atoms with van der Waals surface area (Å²) in [5.74, 6) is 0.131. The zero-order chi connectivity index (χ0) is 17.4. The van der Waals surface area contributed by atoms with Crippen LogP contribution in [0.2, 0.25) is 0 Å². The molecule has 0 aliphatic heterocycles. The van der Waals surface area contributed by atoms with Crippen molar-refractivity contribution in [1.29, 1.82) is 0 Å². The highest BCUT2D eigenvalue weighted by molar-refractivity contribution is 5.90. The van der Waals surface area contributed by atoms with Crippen LogP contribution in [0.3, 0.4) is 0 Å². The van der Waals surface area contributed by atoms with Gasteiger partial charge in [0.25, 0.3) is 0 Å². The number of nitrogens with two attached hydrogens (primary N) is 1. The summed E-state index contributed by atoms with van der Waals surface area (Å²) >= 11 is 0. The van der Waals surface area contributed by atoms with Crippen molar-refractivity contribution in [2.45, 2.75) is 19.9 Å². The van der Waals surface area contributed by atoms with E-state index in [9.17, 15) is 5.11 Å².